The molecule has 0 spiro atoms. The Bertz CT molecular complexity index is 314. The van der Waals surface area contributed by atoms with Gasteiger partial charge in [0.25, 0.3) is 18.3 Å². The van der Waals surface area contributed by atoms with Gasteiger partial charge in [-0.2, -0.15) is 0 Å². The molecule has 2 amide bonds. The molecule has 0 aromatic heterocycles. The highest BCUT2D eigenvalue weighted by Gasteiger charge is 2.56. The molecule has 0 heterocycles. The zero-order valence-electron chi connectivity index (χ0n) is 9.35. The van der Waals surface area contributed by atoms with Crippen LogP contribution in [0.25, 0.3) is 0 Å². The Kier molecular flexibility index (Phi) is 5.72. The topological polar surface area (TPSA) is 122 Å². The number of likely N-dealkylation sites (N-methyl/N-ethyl adjacent to an activating group) is 1. The van der Waals surface area contributed by atoms with Crippen molar-refractivity contribution >= 4 is 31.7 Å². The summed E-state index contributed by atoms with van der Waals surface area (Å²) in [5.41, 5.74) is -2.91. The van der Waals surface area contributed by atoms with Crippen molar-refractivity contribution in [3.8, 4) is 0 Å². The first kappa shape index (κ1) is 14.9. The molecule has 1 unspecified atom stereocenters. The minimum absolute atomic E-state index is 0.0825. The predicted molar refractivity (Wildman–Crippen MR) is 56.0 cm³/mol. The summed E-state index contributed by atoms with van der Waals surface area (Å²) in [7, 11) is 1.12. The first-order valence-electron chi connectivity index (χ1n) is 4.69. The van der Waals surface area contributed by atoms with E-state index in [1.165, 1.54) is 13.7 Å². The van der Waals surface area contributed by atoms with Crippen molar-refractivity contribution < 1.29 is 29.0 Å². The lowest BCUT2D eigenvalue weighted by Gasteiger charge is -2.24. The third kappa shape index (κ3) is 2.96. The third-order valence-corrected chi connectivity index (χ3v) is 1.78. The molecule has 0 aromatic carbocycles. The van der Waals surface area contributed by atoms with Crippen LogP contribution in [-0.2, 0) is 23.9 Å². The second-order valence-corrected chi connectivity index (χ2v) is 2.82. The number of rotatable bonds is 7. The summed E-state index contributed by atoms with van der Waals surface area (Å²) in [4.78, 5) is 44.4. The standard InChI is InChI=1S/C8H12BN2O6/c1-3-10-5(13)8(7(15)16,17-4-12)6(14)11-9-2/h4H,3H2,1-2H3,(H,10,13)(H,11,14)(H,15,16). The lowest BCUT2D eigenvalue weighted by Crippen LogP contribution is -2.63. The van der Waals surface area contributed by atoms with Gasteiger partial charge in [-0.1, -0.05) is 6.82 Å². The summed E-state index contributed by atoms with van der Waals surface area (Å²) in [5.74, 6) is -4.36. The summed E-state index contributed by atoms with van der Waals surface area (Å²) in [6, 6.07) is 0. The van der Waals surface area contributed by atoms with Crippen molar-refractivity contribution in [2.75, 3.05) is 6.54 Å². The lowest BCUT2D eigenvalue weighted by molar-refractivity contribution is -0.180. The molecule has 0 aliphatic rings. The fourth-order valence-corrected chi connectivity index (χ4v) is 1.04. The normalized spacial score (nSPS) is 12.8. The van der Waals surface area contributed by atoms with E-state index >= 15 is 0 Å². The molecule has 0 aliphatic carbocycles. The average molecular weight is 243 g/mol. The van der Waals surface area contributed by atoms with E-state index < -0.39 is 23.4 Å². The molecule has 93 valence electrons. The van der Waals surface area contributed by atoms with Crippen molar-refractivity contribution in [1.82, 2.24) is 10.5 Å². The smallest absolute Gasteiger partial charge is 0.368 e. The number of carboxylic acid groups (broad SMARTS) is 1. The zero-order chi connectivity index (χ0) is 13.5. The number of nitrogens with one attached hydrogen (secondary N) is 2. The molecule has 3 N–H and O–H groups in total. The van der Waals surface area contributed by atoms with Gasteiger partial charge in [0.2, 0.25) is 7.41 Å². The number of carboxylic acids is 1. The number of carbonyl (C=O) groups excluding carboxylic acids is 3. The highest BCUT2D eigenvalue weighted by molar-refractivity contribution is 6.39. The Balaban J connectivity index is 5.41. The maximum Gasteiger partial charge on any atom is 0.368 e. The van der Waals surface area contributed by atoms with Gasteiger partial charge in [0, 0.05) is 6.54 Å². The molecule has 1 atom stereocenters. The Hall–Kier alpha value is -2.06. The Morgan fingerprint density at radius 1 is 1.41 bits per heavy atom. The molecule has 1 radical (unpaired) electrons. The molecular formula is C8H12BN2O6. The Morgan fingerprint density at radius 2 is 2.00 bits per heavy atom. The molecule has 0 fully saturated rings. The van der Waals surface area contributed by atoms with Gasteiger partial charge < -0.3 is 20.4 Å². The molecule has 0 aliphatic heterocycles. The largest absolute Gasteiger partial charge is 0.477 e. The van der Waals surface area contributed by atoms with Gasteiger partial charge in [0.05, 0.1) is 0 Å². The number of carbonyl (C=O) groups is 4. The maximum atomic E-state index is 11.6. The minimum atomic E-state index is -2.91. The number of hydrogen-bond donors (Lipinski definition) is 3. The minimum Gasteiger partial charge on any atom is -0.477 e. The van der Waals surface area contributed by atoms with Crippen LogP contribution in [0.3, 0.4) is 0 Å². The average Bonchev–Trinajstić information content (AvgIpc) is 2.25. The second kappa shape index (κ2) is 6.51. The van der Waals surface area contributed by atoms with Crippen molar-refractivity contribution in [2.24, 2.45) is 0 Å². The second-order valence-electron chi connectivity index (χ2n) is 2.82. The van der Waals surface area contributed by atoms with Crippen molar-refractivity contribution in [3.63, 3.8) is 0 Å². The predicted octanol–water partition coefficient (Wildman–Crippen LogP) is -2.10. The number of aliphatic carboxylic acids is 1. The lowest BCUT2D eigenvalue weighted by atomic mass is 9.94. The third-order valence-electron chi connectivity index (χ3n) is 1.78. The number of ether oxygens (including phenoxy) is 1. The summed E-state index contributed by atoms with van der Waals surface area (Å²) < 4.78 is 4.20. The van der Waals surface area contributed by atoms with Crippen LogP contribution in [0.2, 0.25) is 6.82 Å². The van der Waals surface area contributed by atoms with E-state index in [1.54, 1.807) is 0 Å². The fourth-order valence-electron chi connectivity index (χ4n) is 1.04. The van der Waals surface area contributed by atoms with Crippen LogP contribution in [0.15, 0.2) is 0 Å². The monoisotopic (exact) mass is 243 g/mol. The Morgan fingerprint density at radius 3 is 2.35 bits per heavy atom. The van der Waals surface area contributed by atoms with E-state index in [9.17, 15) is 19.2 Å². The Labute approximate surface area is 98.0 Å². The van der Waals surface area contributed by atoms with Gasteiger partial charge >= 0.3 is 11.6 Å². The summed E-state index contributed by atoms with van der Waals surface area (Å²) in [6.07, 6.45) is 0. The van der Waals surface area contributed by atoms with Crippen LogP contribution in [0.4, 0.5) is 0 Å². The van der Waals surface area contributed by atoms with E-state index in [1.807, 2.05) is 5.23 Å². The van der Waals surface area contributed by atoms with Crippen LogP contribution >= 0.6 is 0 Å². The quantitative estimate of drug-likeness (QED) is 0.267. The molecule has 9 heteroatoms. The van der Waals surface area contributed by atoms with Crippen molar-refractivity contribution in [2.45, 2.75) is 19.3 Å². The van der Waals surface area contributed by atoms with Crippen LogP contribution in [0, 0.1) is 0 Å². The van der Waals surface area contributed by atoms with Crippen LogP contribution in [-0.4, -0.2) is 48.9 Å². The molecule has 8 nitrogen and oxygen atoms in total. The van der Waals surface area contributed by atoms with E-state index in [-0.39, 0.29) is 13.0 Å². The van der Waals surface area contributed by atoms with Crippen LogP contribution in [0.1, 0.15) is 6.92 Å². The van der Waals surface area contributed by atoms with Gasteiger partial charge in [-0.25, -0.2) is 4.79 Å². The summed E-state index contributed by atoms with van der Waals surface area (Å²) in [6.45, 7) is 2.75. The van der Waals surface area contributed by atoms with Gasteiger partial charge in [0.15, 0.2) is 0 Å². The molecule has 0 rings (SSSR count). The van der Waals surface area contributed by atoms with Crippen molar-refractivity contribution in [3.05, 3.63) is 0 Å². The summed E-state index contributed by atoms with van der Waals surface area (Å²) in [5, 5.41) is 13.0. The van der Waals surface area contributed by atoms with Crippen LogP contribution in [0.5, 0.6) is 0 Å². The molecule has 0 saturated heterocycles. The molecule has 17 heavy (non-hydrogen) atoms. The highest BCUT2D eigenvalue weighted by Crippen LogP contribution is 2.12. The van der Waals surface area contributed by atoms with Gasteiger partial charge in [-0.15, -0.1) is 0 Å². The van der Waals surface area contributed by atoms with Gasteiger partial charge in [0.1, 0.15) is 0 Å². The van der Waals surface area contributed by atoms with E-state index in [2.05, 4.69) is 10.1 Å². The van der Waals surface area contributed by atoms with Crippen molar-refractivity contribution in [1.29, 1.82) is 0 Å². The SMILES string of the molecule is C[B]NC(=O)C(OC=O)(C(=O)O)C(=O)NCC. The zero-order valence-corrected chi connectivity index (χ0v) is 9.35. The first-order valence-corrected chi connectivity index (χ1v) is 4.69. The molecule has 0 bridgehead atoms. The molecular weight excluding hydrogens is 231 g/mol. The van der Waals surface area contributed by atoms with Gasteiger partial charge in [-0.05, 0) is 6.92 Å². The number of hydrogen-bond acceptors (Lipinski definition) is 5. The molecule has 0 saturated carbocycles. The number of amides is 2. The van der Waals surface area contributed by atoms with E-state index in [0.717, 1.165) is 7.41 Å². The first-order chi connectivity index (χ1) is 7.97. The van der Waals surface area contributed by atoms with E-state index in [4.69, 9.17) is 5.11 Å². The highest BCUT2D eigenvalue weighted by atomic mass is 16.6. The maximum absolute atomic E-state index is 11.6. The summed E-state index contributed by atoms with van der Waals surface area (Å²) >= 11 is 0. The fraction of sp³-hybridized carbons (Fsp3) is 0.500. The van der Waals surface area contributed by atoms with Gasteiger partial charge in [-0.3, -0.25) is 14.4 Å². The van der Waals surface area contributed by atoms with Crippen LogP contribution < -0.4 is 10.5 Å². The van der Waals surface area contributed by atoms with E-state index in [0.29, 0.717) is 0 Å². The molecule has 0 aromatic rings.